The number of urea groups is 1. The maximum atomic E-state index is 12.1. The Kier molecular flexibility index (Phi) is 4.22. The highest BCUT2D eigenvalue weighted by Gasteiger charge is 2.29. The van der Waals surface area contributed by atoms with E-state index in [1.165, 1.54) is 0 Å². The molecular weight excluding hydrogens is 296 g/mol. The highest BCUT2D eigenvalue weighted by Crippen LogP contribution is 2.15. The van der Waals surface area contributed by atoms with Crippen molar-refractivity contribution >= 4 is 11.9 Å². The van der Waals surface area contributed by atoms with Crippen LogP contribution in [0, 0.1) is 5.92 Å². The number of carbonyl (C=O) groups excluding carboxylic acids is 2. The first-order chi connectivity index (χ1) is 11.1. The fraction of sp³-hybridized carbons (Fsp3) is 0.333. The van der Waals surface area contributed by atoms with Gasteiger partial charge < -0.3 is 16.0 Å². The quantitative estimate of drug-likeness (QED) is 0.845. The van der Waals surface area contributed by atoms with E-state index in [0.717, 1.165) is 5.56 Å². The lowest BCUT2D eigenvalue weighted by molar-refractivity contribution is -0.121. The zero-order chi connectivity index (χ0) is 16.2. The third-order valence-electron chi connectivity index (χ3n) is 3.87. The van der Waals surface area contributed by atoms with E-state index < -0.39 is 0 Å². The Balaban J connectivity index is 1.57. The SMILES string of the molecule is NC(=O)C1CCN(C(=O)NCc2ccnc(-n3cccn3)c2)C1. The number of nitrogens with one attached hydrogen (secondary N) is 1. The van der Waals surface area contributed by atoms with Crippen LogP contribution in [-0.4, -0.2) is 44.7 Å². The van der Waals surface area contributed by atoms with Crippen molar-refractivity contribution in [3.05, 3.63) is 42.4 Å². The van der Waals surface area contributed by atoms with Crippen molar-refractivity contribution in [2.75, 3.05) is 13.1 Å². The normalized spacial score (nSPS) is 17.2. The molecule has 8 nitrogen and oxygen atoms in total. The summed E-state index contributed by atoms with van der Waals surface area (Å²) in [5, 5.41) is 6.98. The highest BCUT2D eigenvalue weighted by molar-refractivity contribution is 5.80. The summed E-state index contributed by atoms with van der Waals surface area (Å²) >= 11 is 0. The van der Waals surface area contributed by atoms with Crippen molar-refractivity contribution in [1.29, 1.82) is 0 Å². The van der Waals surface area contributed by atoms with Crippen LogP contribution in [0.1, 0.15) is 12.0 Å². The topological polar surface area (TPSA) is 106 Å². The van der Waals surface area contributed by atoms with E-state index >= 15 is 0 Å². The number of likely N-dealkylation sites (tertiary alicyclic amines) is 1. The third kappa shape index (κ3) is 3.47. The number of hydrogen-bond acceptors (Lipinski definition) is 4. The number of carbonyl (C=O) groups is 2. The summed E-state index contributed by atoms with van der Waals surface area (Å²) < 4.78 is 1.66. The number of pyridine rings is 1. The van der Waals surface area contributed by atoms with Gasteiger partial charge in [0, 0.05) is 38.2 Å². The minimum atomic E-state index is -0.349. The van der Waals surface area contributed by atoms with Crippen LogP contribution in [-0.2, 0) is 11.3 Å². The second kappa shape index (κ2) is 6.47. The Morgan fingerprint density at radius 2 is 2.26 bits per heavy atom. The number of hydrogen-bond donors (Lipinski definition) is 2. The van der Waals surface area contributed by atoms with Crippen LogP contribution in [0.25, 0.3) is 5.82 Å². The average Bonchev–Trinajstić information content (AvgIpc) is 3.24. The van der Waals surface area contributed by atoms with Gasteiger partial charge in [0.1, 0.15) is 0 Å². The molecule has 1 saturated heterocycles. The first-order valence-corrected chi connectivity index (χ1v) is 7.40. The van der Waals surface area contributed by atoms with Gasteiger partial charge in [-0.15, -0.1) is 0 Å². The molecule has 2 aromatic rings. The van der Waals surface area contributed by atoms with Gasteiger partial charge in [-0.25, -0.2) is 14.5 Å². The van der Waals surface area contributed by atoms with E-state index in [2.05, 4.69) is 15.4 Å². The number of nitrogens with zero attached hydrogens (tertiary/aromatic N) is 4. The Hall–Kier alpha value is -2.90. The molecule has 8 heteroatoms. The maximum Gasteiger partial charge on any atom is 0.317 e. The van der Waals surface area contributed by atoms with Crippen molar-refractivity contribution < 1.29 is 9.59 Å². The zero-order valence-corrected chi connectivity index (χ0v) is 12.6. The van der Waals surface area contributed by atoms with E-state index in [9.17, 15) is 9.59 Å². The first-order valence-electron chi connectivity index (χ1n) is 7.40. The van der Waals surface area contributed by atoms with Gasteiger partial charge >= 0.3 is 6.03 Å². The van der Waals surface area contributed by atoms with Crippen LogP contribution < -0.4 is 11.1 Å². The molecule has 3 N–H and O–H groups in total. The molecular formula is C15H18N6O2. The number of amides is 3. The van der Waals surface area contributed by atoms with Crippen molar-refractivity contribution in [2.45, 2.75) is 13.0 Å². The van der Waals surface area contributed by atoms with Crippen LogP contribution in [0.15, 0.2) is 36.8 Å². The van der Waals surface area contributed by atoms with Crippen LogP contribution in [0.5, 0.6) is 0 Å². The van der Waals surface area contributed by atoms with Gasteiger partial charge in [-0.05, 0) is 30.2 Å². The van der Waals surface area contributed by atoms with Crippen LogP contribution in [0.4, 0.5) is 4.79 Å². The Morgan fingerprint density at radius 3 is 2.96 bits per heavy atom. The van der Waals surface area contributed by atoms with E-state index in [1.54, 1.807) is 28.2 Å². The summed E-state index contributed by atoms with van der Waals surface area (Å²) in [6, 6.07) is 5.33. The molecule has 1 aliphatic rings. The smallest absolute Gasteiger partial charge is 0.317 e. The molecule has 2 aromatic heterocycles. The molecule has 0 aromatic carbocycles. The van der Waals surface area contributed by atoms with Gasteiger partial charge in [-0.3, -0.25) is 4.79 Å². The predicted molar refractivity (Wildman–Crippen MR) is 82.5 cm³/mol. The lowest BCUT2D eigenvalue weighted by Crippen LogP contribution is -2.39. The average molecular weight is 314 g/mol. The summed E-state index contributed by atoms with van der Waals surface area (Å²) in [5.41, 5.74) is 6.20. The van der Waals surface area contributed by atoms with Gasteiger partial charge in [-0.1, -0.05) is 0 Å². The van der Waals surface area contributed by atoms with Gasteiger partial charge in [0.2, 0.25) is 5.91 Å². The van der Waals surface area contributed by atoms with Crippen molar-refractivity contribution in [2.24, 2.45) is 11.7 Å². The summed E-state index contributed by atoms with van der Waals surface area (Å²) in [5.74, 6) is 0.100. The van der Waals surface area contributed by atoms with Crippen LogP contribution >= 0.6 is 0 Å². The van der Waals surface area contributed by atoms with Crippen LogP contribution in [0.3, 0.4) is 0 Å². The Bertz CT molecular complexity index is 700. The minimum absolute atomic E-state index is 0.189. The van der Waals surface area contributed by atoms with Gasteiger partial charge in [0.05, 0.1) is 5.92 Å². The minimum Gasteiger partial charge on any atom is -0.369 e. The van der Waals surface area contributed by atoms with Gasteiger partial charge in [0.25, 0.3) is 0 Å². The van der Waals surface area contributed by atoms with Gasteiger partial charge in [-0.2, -0.15) is 5.10 Å². The summed E-state index contributed by atoms with van der Waals surface area (Å²) in [6.45, 7) is 1.32. The van der Waals surface area contributed by atoms with E-state index in [1.807, 2.05) is 18.2 Å². The molecule has 3 heterocycles. The summed E-state index contributed by atoms with van der Waals surface area (Å²) in [4.78, 5) is 29.1. The Labute approximate surface area is 133 Å². The zero-order valence-electron chi connectivity index (χ0n) is 12.6. The molecule has 1 aliphatic heterocycles. The molecule has 23 heavy (non-hydrogen) atoms. The fourth-order valence-corrected chi connectivity index (χ4v) is 2.57. The largest absolute Gasteiger partial charge is 0.369 e. The first kappa shape index (κ1) is 15.0. The predicted octanol–water partition coefficient (Wildman–Crippen LogP) is 0.284. The van der Waals surface area contributed by atoms with Crippen molar-refractivity contribution in [3.8, 4) is 5.82 Å². The van der Waals surface area contributed by atoms with E-state index in [4.69, 9.17) is 5.73 Å². The van der Waals surface area contributed by atoms with E-state index in [-0.39, 0.29) is 17.9 Å². The molecule has 0 radical (unpaired) electrons. The molecule has 1 fully saturated rings. The molecule has 3 rings (SSSR count). The molecule has 1 atom stereocenters. The van der Waals surface area contributed by atoms with Crippen molar-refractivity contribution in [3.63, 3.8) is 0 Å². The molecule has 1 unspecified atom stereocenters. The molecule has 120 valence electrons. The molecule has 0 aliphatic carbocycles. The molecule has 3 amide bonds. The molecule has 0 bridgehead atoms. The lowest BCUT2D eigenvalue weighted by atomic mass is 10.1. The monoisotopic (exact) mass is 314 g/mol. The van der Waals surface area contributed by atoms with E-state index in [0.29, 0.717) is 31.9 Å². The van der Waals surface area contributed by atoms with Gasteiger partial charge in [0.15, 0.2) is 5.82 Å². The highest BCUT2D eigenvalue weighted by atomic mass is 16.2. The standard InChI is InChI=1S/C15H18N6O2/c16-14(22)12-3-7-20(10-12)15(23)18-9-11-2-5-17-13(8-11)21-6-1-4-19-21/h1-2,4-6,8,12H,3,7,9-10H2,(H2,16,22)(H,18,23). The summed E-state index contributed by atoms with van der Waals surface area (Å²) in [7, 11) is 0. The molecule has 0 saturated carbocycles. The van der Waals surface area contributed by atoms with Crippen LogP contribution in [0.2, 0.25) is 0 Å². The number of primary amides is 1. The second-order valence-corrected chi connectivity index (χ2v) is 5.47. The summed E-state index contributed by atoms with van der Waals surface area (Å²) in [6.07, 6.45) is 5.79. The fourth-order valence-electron chi connectivity index (χ4n) is 2.57. The third-order valence-corrected chi connectivity index (χ3v) is 3.87. The van der Waals surface area contributed by atoms with Crippen molar-refractivity contribution in [1.82, 2.24) is 25.0 Å². The number of rotatable bonds is 4. The number of aromatic nitrogens is 3. The second-order valence-electron chi connectivity index (χ2n) is 5.47. The molecule has 0 spiro atoms. The lowest BCUT2D eigenvalue weighted by Gasteiger charge is -2.17. The Morgan fingerprint density at radius 1 is 1.39 bits per heavy atom. The number of nitrogens with two attached hydrogens (primary N) is 1. The maximum absolute atomic E-state index is 12.1.